The Morgan fingerprint density at radius 2 is 2.05 bits per heavy atom. The molecule has 2 aromatic carbocycles. The Morgan fingerprint density at radius 1 is 1.29 bits per heavy atom. The monoisotopic (exact) mass is 304 g/mol. The molecule has 0 heterocycles. The maximum absolute atomic E-state index is 11.9. The first-order chi connectivity index (χ1) is 10.1. The van der Waals surface area contributed by atoms with Gasteiger partial charge in [0.05, 0.1) is 24.4 Å². The van der Waals surface area contributed by atoms with Crippen LogP contribution in [-0.4, -0.2) is 12.5 Å². The number of hydrogen-bond acceptors (Lipinski definition) is 3. The van der Waals surface area contributed by atoms with Gasteiger partial charge in [0, 0.05) is 5.02 Å². The molecule has 1 amide bonds. The third-order valence-electron chi connectivity index (χ3n) is 2.97. The van der Waals surface area contributed by atoms with Crippen LogP contribution in [0.25, 0.3) is 0 Å². The number of carbonyl (C=O) groups is 1. The summed E-state index contributed by atoms with van der Waals surface area (Å²) in [6, 6.07) is 12.6. The van der Waals surface area contributed by atoms with Gasteiger partial charge in [-0.05, 0) is 36.8 Å². The molecule has 21 heavy (non-hydrogen) atoms. The summed E-state index contributed by atoms with van der Waals surface area (Å²) in [6.45, 7) is 2.26. The Morgan fingerprint density at radius 3 is 2.81 bits per heavy atom. The average molecular weight is 305 g/mol. The molecule has 0 aliphatic heterocycles. The van der Waals surface area contributed by atoms with Crippen LogP contribution in [0.3, 0.4) is 0 Å². The molecule has 2 rings (SSSR count). The lowest BCUT2D eigenvalue weighted by Crippen LogP contribution is -2.16. The highest BCUT2D eigenvalue weighted by Crippen LogP contribution is 2.23. The summed E-state index contributed by atoms with van der Waals surface area (Å²) in [5.41, 5.74) is 7.81. The molecule has 0 unspecified atom stereocenters. The number of benzene rings is 2. The molecular weight excluding hydrogens is 288 g/mol. The van der Waals surface area contributed by atoms with Crippen LogP contribution < -0.4 is 15.8 Å². The predicted octanol–water partition coefficient (Wildman–Crippen LogP) is 3.64. The van der Waals surface area contributed by atoms with Gasteiger partial charge in [0.25, 0.3) is 0 Å². The van der Waals surface area contributed by atoms with Crippen molar-refractivity contribution in [3.63, 3.8) is 0 Å². The summed E-state index contributed by atoms with van der Waals surface area (Å²) >= 11 is 5.87. The number of para-hydroxylation sites is 1. The molecule has 0 fully saturated rings. The van der Waals surface area contributed by atoms with Gasteiger partial charge in [-0.3, -0.25) is 4.79 Å². The number of ether oxygens (including phenoxy) is 1. The van der Waals surface area contributed by atoms with Crippen molar-refractivity contribution in [2.24, 2.45) is 0 Å². The van der Waals surface area contributed by atoms with E-state index in [0.717, 1.165) is 11.3 Å². The molecule has 110 valence electrons. The lowest BCUT2D eigenvalue weighted by atomic mass is 10.2. The van der Waals surface area contributed by atoms with Crippen LogP contribution in [0.2, 0.25) is 5.02 Å². The van der Waals surface area contributed by atoms with Crippen LogP contribution in [0.4, 0.5) is 11.4 Å². The smallest absolute Gasteiger partial charge is 0.227 e. The molecule has 5 heteroatoms. The molecule has 4 nitrogen and oxygen atoms in total. The first-order valence-corrected chi connectivity index (χ1v) is 6.97. The summed E-state index contributed by atoms with van der Waals surface area (Å²) in [4.78, 5) is 11.9. The number of nitrogens with two attached hydrogens (primary N) is 1. The van der Waals surface area contributed by atoms with Crippen molar-refractivity contribution in [3.8, 4) is 5.75 Å². The van der Waals surface area contributed by atoms with E-state index < -0.39 is 0 Å². The fourth-order valence-electron chi connectivity index (χ4n) is 1.82. The molecule has 0 aliphatic carbocycles. The molecule has 0 radical (unpaired) electrons. The van der Waals surface area contributed by atoms with Crippen molar-refractivity contribution in [1.29, 1.82) is 0 Å². The minimum atomic E-state index is -0.169. The van der Waals surface area contributed by atoms with Gasteiger partial charge in [-0.15, -0.1) is 0 Å². The molecule has 0 atom stereocenters. The lowest BCUT2D eigenvalue weighted by Gasteiger charge is -2.10. The topological polar surface area (TPSA) is 64.3 Å². The molecule has 0 aromatic heterocycles. The number of anilines is 2. The quantitative estimate of drug-likeness (QED) is 0.829. The third-order valence-corrected chi connectivity index (χ3v) is 3.20. The fraction of sp³-hybridized carbons (Fsp3) is 0.188. The number of hydrogen-bond donors (Lipinski definition) is 2. The summed E-state index contributed by atoms with van der Waals surface area (Å²) in [6.07, 6.45) is 0.236. The zero-order chi connectivity index (χ0) is 15.2. The van der Waals surface area contributed by atoms with Gasteiger partial charge in [-0.25, -0.2) is 0 Å². The van der Waals surface area contributed by atoms with Crippen molar-refractivity contribution in [2.45, 2.75) is 13.3 Å². The van der Waals surface area contributed by atoms with E-state index in [-0.39, 0.29) is 12.3 Å². The Kier molecular flexibility index (Phi) is 5.06. The van der Waals surface area contributed by atoms with E-state index in [1.807, 2.05) is 31.2 Å². The average Bonchev–Trinajstić information content (AvgIpc) is 2.45. The standard InChI is InChI=1S/C16H17ClN2O2/c1-11-4-2-3-5-15(11)21-9-8-16(20)19-14-10-12(17)6-7-13(14)18/h2-7,10H,8-9,18H2,1H3,(H,19,20). The van der Waals surface area contributed by atoms with E-state index >= 15 is 0 Å². The van der Waals surface area contributed by atoms with Crippen LogP contribution >= 0.6 is 11.6 Å². The van der Waals surface area contributed by atoms with Crippen LogP contribution in [0.15, 0.2) is 42.5 Å². The van der Waals surface area contributed by atoms with E-state index in [1.165, 1.54) is 0 Å². The number of halogens is 1. The summed E-state index contributed by atoms with van der Waals surface area (Å²) in [5.74, 6) is 0.616. The summed E-state index contributed by atoms with van der Waals surface area (Å²) in [5, 5.41) is 3.25. The molecule has 0 saturated heterocycles. The molecule has 0 saturated carbocycles. The number of nitrogens with one attached hydrogen (secondary N) is 1. The molecule has 0 bridgehead atoms. The molecular formula is C16H17ClN2O2. The normalized spacial score (nSPS) is 10.2. The maximum Gasteiger partial charge on any atom is 0.227 e. The van der Waals surface area contributed by atoms with Crippen molar-refractivity contribution in [1.82, 2.24) is 0 Å². The fourth-order valence-corrected chi connectivity index (χ4v) is 1.99. The van der Waals surface area contributed by atoms with Gasteiger partial charge in [-0.1, -0.05) is 29.8 Å². The van der Waals surface area contributed by atoms with Gasteiger partial charge in [0.1, 0.15) is 5.75 Å². The largest absolute Gasteiger partial charge is 0.493 e. The van der Waals surface area contributed by atoms with Gasteiger partial charge in [-0.2, -0.15) is 0 Å². The van der Waals surface area contributed by atoms with E-state index in [1.54, 1.807) is 18.2 Å². The number of amides is 1. The van der Waals surface area contributed by atoms with Gasteiger partial charge in [0.15, 0.2) is 0 Å². The molecule has 2 aromatic rings. The number of carbonyl (C=O) groups excluding carboxylic acids is 1. The third kappa shape index (κ3) is 4.39. The van der Waals surface area contributed by atoms with Crippen LogP contribution in [0, 0.1) is 6.92 Å². The predicted molar refractivity (Wildman–Crippen MR) is 85.8 cm³/mol. The second-order valence-electron chi connectivity index (χ2n) is 4.64. The van der Waals surface area contributed by atoms with Gasteiger partial charge in [0.2, 0.25) is 5.91 Å². The van der Waals surface area contributed by atoms with Crippen molar-refractivity contribution < 1.29 is 9.53 Å². The van der Waals surface area contributed by atoms with Crippen LogP contribution in [0.5, 0.6) is 5.75 Å². The Balaban J connectivity index is 1.85. The lowest BCUT2D eigenvalue weighted by molar-refractivity contribution is -0.116. The maximum atomic E-state index is 11.9. The number of nitrogen functional groups attached to an aromatic ring is 1. The van der Waals surface area contributed by atoms with Gasteiger partial charge < -0.3 is 15.8 Å². The minimum absolute atomic E-state index is 0.169. The number of rotatable bonds is 5. The Bertz CT molecular complexity index is 644. The van der Waals surface area contributed by atoms with Gasteiger partial charge >= 0.3 is 0 Å². The second kappa shape index (κ2) is 6.99. The first kappa shape index (κ1) is 15.2. The molecule has 0 spiro atoms. The highest BCUT2D eigenvalue weighted by atomic mass is 35.5. The highest BCUT2D eigenvalue weighted by molar-refractivity contribution is 6.31. The summed E-state index contributed by atoms with van der Waals surface area (Å²) in [7, 11) is 0. The minimum Gasteiger partial charge on any atom is -0.493 e. The zero-order valence-corrected chi connectivity index (χ0v) is 12.5. The molecule has 3 N–H and O–H groups in total. The van der Waals surface area contributed by atoms with E-state index in [9.17, 15) is 4.79 Å². The second-order valence-corrected chi connectivity index (χ2v) is 5.08. The van der Waals surface area contributed by atoms with Crippen LogP contribution in [0.1, 0.15) is 12.0 Å². The summed E-state index contributed by atoms with van der Waals surface area (Å²) < 4.78 is 5.58. The Labute approximate surface area is 128 Å². The van der Waals surface area contributed by atoms with E-state index in [2.05, 4.69) is 5.32 Å². The van der Waals surface area contributed by atoms with Crippen molar-refractivity contribution >= 4 is 28.9 Å². The van der Waals surface area contributed by atoms with Crippen molar-refractivity contribution in [2.75, 3.05) is 17.7 Å². The number of aryl methyl sites for hydroxylation is 1. The van der Waals surface area contributed by atoms with E-state index in [4.69, 9.17) is 22.1 Å². The zero-order valence-electron chi connectivity index (χ0n) is 11.7. The van der Waals surface area contributed by atoms with Crippen molar-refractivity contribution in [3.05, 3.63) is 53.1 Å². The first-order valence-electron chi connectivity index (χ1n) is 6.59. The van der Waals surface area contributed by atoms with Crippen LogP contribution in [-0.2, 0) is 4.79 Å². The molecule has 0 aliphatic rings. The highest BCUT2D eigenvalue weighted by Gasteiger charge is 2.07. The SMILES string of the molecule is Cc1ccccc1OCCC(=O)Nc1cc(Cl)ccc1N. The Hall–Kier alpha value is -2.20. The van der Waals surface area contributed by atoms with E-state index in [0.29, 0.717) is 23.0 Å².